The third-order valence-corrected chi connectivity index (χ3v) is 7.11. The molecule has 174 valence electrons. The highest BCUT2D eigenvalue weighted by Crippen LogP contribution is 2.29. The quantitative estimate of drug-likeness (QED) is 0.635. The van der Waals surface area contributed by atoms with Crippen molar-refractivity contribution in [1.82, 2.24) is 19.7 Å². The molecule has 2 aliphatic rings. The number of carbonyl (C=O) groups is 1. The number of nitrogens with zero attached hydrogens (tertiary/aromatic N) is 4. The number of benzene rings is 1. The number of aryl methyl sites for hydroxylation is 1. The summed E-state index contributed by atoms with van der Waals surface area (Å²) in [5.41, 5.74) is 2.26. The summed E-state index contributed by atoms with van der Waals surface area (Å²) in [6.07, 6.45) is 1.62. The van der Waals surface area contributed by atoms with E-state index in [0.29, 0.717) is 6.42 Å². The molecule has 0 unspecified atom stereocenters. The van der Waals surface area contributed by atoms with Crippen LogP contribution in [0.4, 0.5) is 0 Å². The highest BCUT2D eigenvalue weighted by atomic mass is 32.1. The van der Waals surface area contributed by atoms with Crippen LogP contribution in [0, 0.1) is 6.92 Å². The summed E-state index contributed by atoms with van der Waals surface area (Å²) >= 11 is 1.70. The van der Waals surface area contributed by atoms with Crippen LogP contribution >= 0.6 is 11.3 Å². The minimum absolute atomic E-state index is 0.137. The molecule has 7 nitrogen and oxygen atoms in total. The van der Waals surface area contributed by atoms with Crippen LogP contribution in [-0.2, 0) is 17.9 Å². The topological polar surface area (TPSA) is 58.1 Å². The molecule has 1 aromatic heterocycles. The van der Waals surface area contributed by atoms with E-state index in [1.54, 1.807) is 18.4 Å². The molecule has 1 amide bonds. The highest BCUT2D eigenvalue weighted by Gasteiger charge is 2.25. The first-order valence-corrected chi connectivity index (χ1v) is 12.4. The minimum Gasteiger partial charge on any atom is -0.497 e. The molecule has 3 heterocycles. The Hall–Kier alpha value is -2.16. The third-order valence-electron chi connectivity index (χ3n) is 6.29. The lowest BCUT2D eigenvalue weighted by atomic mass is 10.1. The molecule has 8 heteroatoms. The first-order chi connectivity index (χ1) is 15.5. The second-order valence-electron chi connectivity index (χ2n) is 8.62. The van der Waals surface area contributed by atoms with Gasteiger partial charge in [0.2, 0.25) is 5.91 Å². The fraction of sp³-hybridized carbons (Fsp3) is 0.583. The van der Waals surface area contributed by atoms with Crippen molar-refractivity contribution in [2.24, 2.45) is 0 Å². The number of methoxy groups -OCH3 is 1. The molecule has 32 heavy (non-hydrogen) atoms. The van der Waals surface area contributed by atoms with Crippen LogP contribution < -0.4 is 9.47 Å². The molecular weight excluding hydrogens is 424 g/mol. The molecule has 1 fully saturated rings. The van der Waals surface area contributed by atoms with Crippen LogP contribution in [0.25, 0.3) is 0 Å². The van der Waals surface area contributed by atoms with E-state index in [9.17, 15) is 4.79 Å². The summed E-state index contributed by atoms with van der Waals surface area (Å²) in [6, 6.07) is 5.99. The SMILES string of the molecule is CC[C@H]1CN(CCC(=O)N2CCN(Cc3csc(C)n3)CC2)Cc2cc(OC)ccc2O1. The number of hydrogen-bond acceptors (Lipinski definition) is 7. The number of ether oxygens (including phenoxy) is 2. The van der Waals surface area contributed by atoms with Crippen LogP contribution in [-0.4, -0.2) is 78.1 Å². The van der Waals surface area contributed by atoms with Crippen molar-refractivity contribution in [3.63, 3.8) is 0 Å². The minimum atomic E-state index is 0.137. The molecule has 0 saturated carbocycles. The first-order valence-electron chi connectivity index (χ1n) is 11.5. The molecule has 2 aliphatic heterocycles. The Morgan fingerprint density at radius 1 is 1.25 bits per heavy atom. The van der Waals surface area contributed by atoms with Gasteiger partial charge in [-0.15, -0.1) is 11.3 Å². The number of amides is 1. The van der Waals surface area contributed by atoms with Crippen molar-refractivity contribution in [3.8, 4) is 11.5 Å². The van der Waals surface area contributed by atoms with Crippen molar-refractivity contribution >= 4 is 17.2 Å². The van der Waals surface area contributed by atoms with E-state index in [-0.39, 0.29) is 12.0 Å². The van der Waals surface area contributed by atoms with Gasteiger partial charge < -0.3 is 14.4 Å². The second-order valence-corrected chi connectivity index (χ2v) is 9.68. The summed E-state index contributed by atoms with van der Waals surface area (Å²) in [4.78, 5) is 24.2. The zero-order valence-corrected chi connectivity index (χ0v) is 20.2. The Kier molecular flexibility index (Phi) is 7.65. The van der Waals surface area contributed by atoms with Crippen LogP contribution in [0.1, 0.15) is 36.0 Å². The summed E-state index contributed by atoms with van der Waals surface area (Å²) in [7, 11) is 1.68. The lowest BCUT2D eigenvalue weighted by molar-refractivity contribution is -0.133. The molecule has 4 rings (SSSR count). The van der Waals surface area contributed by atoms with E-state index >= 15 is 0 Å². The van der Waals surface area contributed by atoms with E-state index in [4.69, 9.17) is 9.47 Å². The van der Waals surface area contributed by atoms with Crippen LogP contribution in [0.2, 0.25) is 0 Å². The monoisotopic (exact) mass is 458 g/mol. The van der Waals surface area contributed by atoms with Gasteiger partial charge in [0.1, 0.15) is 17.6 Å². The van der Waals surface area contributed by atoms with Gasteiger partial charge >= 0.3 is 0 Å². The second kappa shape index (κ2) is 10.6. The summed E-state index contributed by atoms with van der Waals surface area (Å²) < 4.78 is 11.6. The molecule has 0 aliphatic carbocycles. The fourth-order valence-corrected chi connectivity index (χ4v) is 5.00. The lowest BCUT2D eigenvalue weighted by Crippen LogP contribution is -2.49. The summed E-state index contributed by atoms with van der Waals surface area (Å²) in [6.45, 7) is 10.8. The number of fused-ring (bicyclic) bond motifs is 1. The van der Waals surface area contributed by atoms with Crippen molar-refractivity contribution in [2.75, 3.05) is 46.4 Å². The molecule has 2 aromatic rings. The largest absolute Gasteiger partial charge is 0.497 e. The fourth-order valence-electron chi connectivity index (χ4n) is 4.39. The normalized spacial score (nSPS) is 19.8. The van der Waals surface area contributed by atoms with Gasteiger partial charge in [0.05, 0.1) is 17.8 Å². The van der Waals surface area contributed by atoms with Crippen molar-refractivity contribution in [1.29, 1.82) is 0 Å². The number of thiazole rings is 1. The molecular formula is C24H34N4O3S. The Balaban J connectivity index is 1.28. The van der Waals surface area contributed by atoms with Gasteiger partial charge in [0.15, 0.2) is 0 Å². The van der Waals surface area contributed by atoms with Crippen molar-refractivity contribution in [3.05, 3.63) is 39.8 Å². The average Bonchev–Trinajstić information content (AvgIpc) is 3.12. The maximum Gasteiger partial charge on any atom is 0.223 e. The number of hydrogen-bond donors (Lipinski definition) is 0. The van der Waals surface area contributed by atoms with E-state index in [2.05, 4.69) is 27.1 Å². The number of piperazine rings is 1. The molecule has 1 saturated heterocycles. The van der Waals surface area contributed by atoms with Gasteiger partial charge in [0, 0.05) is 69.7 Å². The van der Waals surface area contributed by atoms with Crippen LogP contribution in [0.15, 0.2) is 23.6 Å². The van der Waals surface area contributed by atoms with E-state index in [0.717, 1.165) is 86.5 Å². The van der Waals surface area contributed by atoms with Crippen LogP contribution in [0.5, 0.6) is 11.5 Å². The van der Waals surface area contributed by atoms with Gasteiger partial charge in [-0.2, -0.15) is 0 Å². The third kappa shape index (κ3) is 5.79. The highest BCUT2D eigenvalue weighted by molar-refractivity contribution is 7.09. The Morgan fingerprint density at radius 2 is 2.06 bits per heavy atom. The van der Waals surface area contributed by atoms with Gasteiger partial charge in [-0.1, -0.05) is 6.92 Å². The predicted octanol–water partition coefficient (Wildman–Crippen LogP) is 3.17. The first kappa shape index (κ1) is 23.0. The van der Waals surface area contributed by atoms with Crippen molar-refractivity contribution < 1.29 is 14.3 Å². The maximum absolute atomic E-state index is 12.9. The van der Waals surface area contributed by atoms with E-state index in [1.807, 2.05) is 30.0 Å². The number of carbonyl (C=O) groups excluding carboxylic acids is 1. The zero-order valence-electron chi connectivity index (χ0n) is 19.4. The summed E-state index contributed by atoms with van der Waals surface area (Å²) in [5, 5.41) is 3.24. The molecule has 1 atom stereocenters. The molecule has 1 aromatic carbocycles. The number of rotatable bonds is 7. The Morgan fingerprint density at radius 3 is 2.75 bits per heavy atom. The van der Waals surface area contributed by atoms with Gasteiger partial charge in [0.25, 0.3) is 0 Å². The molecule has 0 bridgehead atoms. The molecule has 0 spiro atoms. The molecule has 0 N–H and O–H groups in total. The van der Waals surface area contributed by atoms with E-state index < -0.39 is 0 Å². The van der Waals surface area contributed by atoms with Gasteiger partial charge in [-0.05, 0) is 31.5 Å². The lowest BCUT2D eigenvalue weighted by Gasteiger charge is -2.35. The van der Waals surface area contributed by atoms with Crippen molar-refractivity contribution in [2.45, 2.75) is 45.9 Å². The number of aromatic nitrogens is 1. The standard InChI is InChI=1S/C24H34N4O3S/c1-4-21-16-27(14-19-13-22(30-3)5-6-23(19)31-21)8-7-24(29)28-11-9-26(10-12-28)15-20-17-32-18(2)25-20/h5-6,13,17,21H,4,7-12,14-16H2,1-3H3/t21-/m0/s1. The van der Waals surface area contributed by atoms with Crippen LogP contribution in [0.3, 0.4) is 0 Å². The summed E-state index contributed by atoms with van der Waals surface area (Å²) in [5.74, 6) is 2.01. The molecule has 0 radical (unpaired) electrons. The Bertz CT molecular complexity index is 910. The van der Waals surface area contributed by atoms with E-state index in [1.165, 1.54) is 0 Å². The van der Waals surface area contributed by atoms with Gasteiger partial charge in [-0.25, -0.2) is 4.98 Å². The smallest absolute Gasteiger partial charge is 0.223 e. The van der Waals surface area contributed by atoms with Gasteiger partial charge in [-0.3, -0.25) is 14.6 Å². The predicted molar refractivity (Wildman–Crippen MR) is 126 cm³/mol. The Labute approximate surface area is 194 Å². The average molecular weight is 459 g/mol. The zero-order chi connectivity index (χ0) is 22.5. The maximum atomic E-state index is 12.9.